The van der Waals surface area contributed by atoms with Gasteiger partial charge in [0.2, 0.25) is 11.8 Å². The van der Waals surface area contributed by atoms with E-state index in [1.54, 1.807) is 49.5 Å². The number of aromatic nitrogens is 3. The highest BCUT2D eigenvalue weighted by molar-refractivity contribution is 6.31. The topological polar surface area (TPSA) is 94.1 Å². The number of pyridine rings is 1. The Labute approximate surface area is 160 Å². The summed E-state index contributed by atoms with van der Waals surface area (Å²) in [7, 11) is 0. The van der Waals surface area contributed by atoms with Crippen LogP contribution < -0.4 is 10.6 Å². The number of imide groups is 1. The maximum absolute atomic E-state index is 13.0. The highest BCUT2D eigenvalue weighted by Gasteiger charge is 2.43. The van der Waals surface area contributed by atoms with Gasteiger partial charge in [-0.1, -0.05) is 23.7 Å². The van der Waals surface area contributed by atoms with Gasteiger partial charge in [0.25, 0.3) is 0 Å². The average Bonchev–Trinajstić information content (AvgIpc) is 3.10. The molecular formula is C19H16ClN5O2. The van der Waals surface area contributed by atoms with Crippen molar-refractivity contribution in [1.82, 2.24) is 14.8 Å². The summed E-state index contributed by atoms with van der Waals surface area (Å²) in [6.45, 7) is 1.77. The van der Waals surface area contributed by atoms with Crippen LogP contribution in [0, 0.1) is 6.92 Å². The predicted molar refractivity (Wildman–Crippen MR) is 102 cm³/mol. The van der Waals surface area contributed by atoms with Crippen molar-refractivity contribution >= 4 is 34.9 Å². The fourth-order valence-electron chi connectivity index (χ4n) is 3.39. The van der Waals surface area contributed by atoms with Crippen molar-refractivity contribution in [2.45, 2.75) is 19.3 Å². The molecule has 3 heterocycles. The fraction of sp³-hybridized carbons (Fsp3) is 0.158. The minimum Gasteiger partial charge on any atom is -0.383 e. The summed E-state index contributed by atoms with van der Waals surface area (Å²) in [6, 6.07) is 12.0. The number of anilines is 2. The van der Waals surface area contributed by atoms with Gasteiger partial charge in [-0.2, -0.15) is 9.78 Å². The number of nitrogens with zero attached hydrogens (tertiary/aromatic N) is 4. The number of amides is 2. The van der Waals surface area contributed by atoms with Gasteiger partial charge in [-0.3, -0.25) is 9.59 Å². The molecule has 0 bridgehead atoms. The van der Waals surface area contributed by atoms with Gasteiger partial charge in [0.05, 0.1) is 17.3 Å². The smallest absolute Gasteiger partial charge is 0.242 e. The Kier molecular flexibility index (Phi) is 4.16. The van der Waals surface area contributed by atoms with Crippen LogP contribution in [0.25, 0.3) is 5.82 Å². The molecule has 7 nitrogen and oxygen atoms in total. The Morgan fingerprint density at radius 2 is 2.00 bits per heavy atom. The molecule has 4 rings (SSSR count). The Balaban J connectivity index is 1.74. The van der Waals surface area contributed by atoms with Crippen molar-refractivity contribution in [2.24, 2.45) is 0 Å². The third kappa shape index (κ3) is 2.86. The van der Waals surface area contributed by atoms with Gasteiger partial charge in [-0.05, 0) is 37.3 Å². The summed E-state index contributed by atoms with van der Waals surface area (Å²) >= 11 is 6.00. The number of benzene rings is 1. The number of hydrogen-bond donors (Lipinski definition) is 1. The molecular weight excluding hydrogens is 366 g/mol. The highest BCUT2D eigenvalue weighted by Crippen LogP contribution is 2.38. The molecule has 1 fully saturated rings. The molecule has 1 atom stereocenters. The van der Waals surface area contributed by atoms with Crippen molar-refractivity contribution in [3.63, 3.8) is 0 Å². The summed E-state index contributed by atoms with van der Waals surface area (Å²) in [5.74, 6) is -0.457. The van der Waals surface area contributed by atoms with E-state index in [-0.39, 0.29) is 18.2 Å². The van der Waals surface area contributed by atoms with Crippen LogP contribution in [0.5, 0.6) is 0 Å². The van der Waals surface area contributed by atoms with Crippen molar-refractivity contribution in [3.8, 4) is 5.82 Å². The van der Waals surface area contributed by atoms with Crippen LogP contribution >= 0.6 is 11.6 Å². The second-order valence-corrected chi connectivity index (χ2v) is 6.72. The molecule has 1 aromatic carbocycles. The lowest BCUT2D eigenvalue weighted by atomic mass is 9.97. The van der Waals surface area contributed by atoms with Gasteiger partial charge in [0.1, 0.15) is 5.82 Å². The third-order valence-electron chi connectivity index (χ3n) is 4.57. The summed E-state index contributed by atoms with van der Waals surface area (Å²) in [5.41, 5.74) is 7.89. The van der Waals surface area contributed by atoms with Crippen molar-refractivity contribution in [3.05, 3.63) is 64.9 Å². The monoisotopic (exact) mass is 381 g/mol. The minimum absolute atomic E-state index is 0.0320. The van der Waals surface area contributed by atoms with Crippen molar-refractivity contribution in [1.29, 1.82) is 0 Å². The maximum Gasteiger partial charge on any atom is 0.242 e. The molecule has 3 aromatic rings. The zero-order valence-electron chi connectivity index (χ0n) is 14.5. The first-order valence-electron chi connectivity index (χ1n) is 8.36. The molecule has 2 amide bonds. The van der Waals surface area contributed by atoms with Crippen LogP contribution in [0.2, 0.25) is 5.02 Å². The lowest BCUT2D eigenvalue weighted by Gasteiger charge is -2.15. The SMILES string of the molecule is Cc1nn(-c2ccccn2)c(N)c1[C@H]1CC(=O)N(c2cccc(Cl)c2)C1=O. The number of hydrogen-bond acceptors (Lipinski definition) is 5. The summed E-state index contributed by atoms with van der Waals surface area (Å²) in [5, 5.41) is 4.88. The molecule has 0 aliphatic carbocycles. The molecule has 0 unspecified atom stereocenters. The van der Waals surface area contributed by atoms with E-state index < -0.39 is 5.92 Å². The molecule has 0 saturated carbocycles. The molecule has 136 valence electrons. The normalized spacial score (nSPS) is 17.0. The number of nitrogens with two attached hydrogens (primary N) is 1. The molecule has 1 saturated heterocycles. The van der Waals surface area contributed by atoms with Gasteiger partial charge < -0.3 is 5.73 Å². The fourth-order valence-corrected chi connectivity index (χ4v) is 3.57. The second-order valence-electron chi connectivity index (χ2n) is 6.29. The first kappa shape index (κ1) is 17.2. The van der Waals surface area contributed by atoms with E-state index in [0.29, 0.717) is 33.6 Å². The largest absolute Gasteiger partial charge is 0.383 e. The van der Waals surface area contributed by atoms with E-state index in [9.17, 15) is 9.59 Å². The number of carbonyl (C=O) groups excluding carboxylic acids is 2. The number of rotatable bonds is 3. The number of halogens is 1. The van der Waals surface area contributed by atoms with Crippen LogP contribution in [-0.2, 0) is 9.59 Å². The molecule has 1 aliphatic heterocycles. The lowest BCUT2D eigenvalue weighted by molar-refractivity contribution is -0.121. The van der Waals surface area contributed by atoms with E-state index >= 15 is 0 Å². The predicted octanol–water partition coefficient (Wildman–Crippen LogP) is 2.86. The van der Waals surface area contributed by atoms with Gasteiger partial charge in [0, 0.05) is 23.2 Å². The Bertz CT molecular complexity index is 1050. The zero-order chi connectivity index (χ0) is 19.1. The minimum atomic E-state index is -0.686. The number of carbonyl (C=O) groups is 2. The van der Waals surface area contributed by atoms with Crippen LogP contribution in [0.15, 0.2) is 48.7 Å². The second kappa shape index (κ2) is 6.51. The van der Waals surface area contributed by atoms with Gasteiger partial charge in [-0.25, -0.2) is 9.88 Å². The first-order chi connectivity index (χ1) is 13.0. The molecule has 8 heteroatoms. The van der Waals surface area contributed by atoms with Crippen LogP contribution in [0.3, 0.4) is 0 Å². The summed E-state index contributed by atoms with van der Waals surface area (Å²) < 4.78 is 1.49. The van der Waals surface area contributed by atoms with E-state index in [2.05, 4.69) is 10.1 Å². The van der Waals surface area contributed by atoms with Crippen LogP contribution in [-0.4, -0.2) is 26.6 Å². The molecule has 0 radical (unpaired) electrons. The highest BCUT2D eigenvalue weighted by atomic mass is 35.5. The molecule has 0 spiro atoms. The zero-order valence-corrected chi connectivity index (χ0v) is 15.2. The van der Waals surface area contributed by atoms with E-state index in [4.69, 9.17) is 17.3 Å². The standard InChI is InChI=1S/C19H16ClN5O2/c1-11-17(18(21)25(23-11)15-7-2-3-8-22-15)14-10-16(26)24(19(14)27)13-6-4-5-12(20)9-13/h2-9,14H,10,21H2,1H3/t14-/m1/s1. The average molecular weight is 382 g/mol. The number of nitrogen functional groups attached to an aromatic ring is 1. The van der Waals surface area contributed by atoms with Gasteiger partial charge in [0.15, 0.2) is 5.82 Å². The molecule has 1 aliphatic rings. The number of aryl methyl sites for hydroxylation is 1. The lowest BCUT2D eigenvalue weighted by Crippen LogP contribution is -2.30. The van der Waals surface area contributed by atoms with Gasteiger partial charge in [-0.15, -0.1) is 0 Å². The van der Waals surface area contributed by atoms with E-state index in [1.165, 1.54) is 4.68 Å². The van der Waals surface area contributed by atoms with Crippen LogP contribution in [0.4, 0.5) is 11.5 Å². The Morgan fingerprint density at radius 3 is 2.70 bits per heavy atom. The van der Waals surface area contributed by atoms with E-state index in [1.807, 2.05) is 6.07 Å². The van der Waals surface area contributed by atoms with Gasteiger partial charge >= 0.3 is 0 Å². The van der Waals surface area contributed by atoms with Crippen molar-refractivity contribution < 1.29 is 9.59 Å². The quantitative estimate of drug-likeness (QED) is 0.704. The Morgan fingerprint density at radius 1 is 1.19 bits per heavy atom. The first-order valence-corrected chi connectivity index (χ1v) is 8.74. The van der Waals surface area contributed by atoms with E-state index in [0.717, 1.165) is 4.90 Å². The molecule has 2 N–H and O–H groups in total. The third-order valence-corrected chi connectivity index (χ3v) is 4.81. The van der Waals surface area contributed by atoms with Crippen LogP contribution in [0.1, 0.15) is 23.6 Å². The molecule has 27 heavy (non-hydrogen) atoms. The maximum atomic E-state index is 13.0. The summed E-state index contributed by atoms with van der Waals surface area (Å²) in [6.07, 6.45) is 1.67. The Hall–Kier alpha value is -3.19. The summed E-state index contributed by atoms with van der Waals surface area (Å²) in [4.78, 5) is 31.0. The molecule has 2 aromatic heterocycles. The van der Waals surface area contributed by atoms with Crippen molar-refractivity contribution in [2.75, 3.05) is 10.6 Å².